The lowest BCUT2D eigenvalue weighted by Crippen LogP contribution is -2.52. The molecule has 0 aromatic rings. The summed E-state index contributed by atoms with van der Waals surface area (Å²) in [6, 6.07) is -0.226. The molecule has 0 heterocycles. The first-order valence-corrected chi connectivity index (χ1v) is 4.25. The van der Waals surface area contributed by atoms with Crippen LogP contribution in [0.1, 0.15) is 27.2 Å². The van der Waals surface area contributed by atoms with Gasteiger partial charge in [0.05, 0.1) is 12.1 Å². The van der Waals surface area contributed by atoms with E-state index in [4.69, 9.17) is 5.11 Å². The van der Waals surface area contributed by atoms with E-state index in [2.05, 4.69) is 10.6 Å². The summed E-state index contributed by atoms with van der Waals surface area (Å²) in [6.07, 6.45) is 0.709. The first kappa shape index (κ1) is 11.2. The number of amides is 2. The number of carbonyl (C=O) groups is 1. The lowest BCUT2D eigenvalue weighted by atomic mass is 10.0. The van der Waals surface area contributed by atoms with Crippen molar-refractivity contribution in [3.63, 3.8) is 0 Å². The van der Waals surface area contributed by atoms with E-state index >= 15 is 0 Å². The fourth-order valence-corrected chi connectivity index (χ4v) is 0.719. The van der Waals surface area contributed by atoms with Gasteiger partial charge in [-0.25, -0.2) is 4.79 Å². The summed E-state index contributed by atoms with van der Waals surface area (Å²) in [5.41, 5.74) is -0.501. The van der Waals surface area contributed by atoms with Gasteiger partial charge >= 0.3 is 6.03 Å². The summed E-state index contributed by atoms with van der Waals surface area (Å²) in [4.78, 5) is 11.0. The molecular weight excluding hydrogens is 156 g/mol. The topological polar surface area (TPSA) is 61.4 Å². The number of hydrogen-bond acceptors (Lipinski definition) is 2. The summed E-state index contributed by atoms with van der Waals surface area (Å²) >= 11 is 0. The molecular formula is C8H18N2O2. The van der Waals surface area contributed by atoms with E-state index in [0.717, 1.165) is 0 Å². The van der Waals surface area contributed by atoms with Crippen molar-refractivity contribution >= 4 is 6.03 Å². The van der Waals surface area contributed by atoms with Crippen LogP contribution in [0.25, 0.3) is 0 Å². The molecule has 0 bridgehead atoms. The summed E-state index contributed by atoms with van der Waals surface area (Å²) in [7, 11) is 0. The van der Waals surface area contributed by atoms with Gasteiger partial charge in [-0.05, 0) is 20.3 Å². The zero-order valence-electron chi connectivity index (χ0n) is 7.98. The third-order valence-electron chi connectivity index (χ3n) is 1.88. The average Bonchev–Trinajstić information content (AvgIpc) is 2.05. The van der Waals surface area contributed by atoms with E-state index in [1.807, 2.05) is 20.8 Å². The lowest BCUT2D eigenvalue weighted by Gasteiger charge is -2.26. The van der Waals surface area contributed by atoms with Crippen molar-refractivity contribution in [3.8, 4) is 0 Å². The Morgan fingerprint density at radius 2 is 2.08 bits per heavy atom. The molecule has 0 saturated carbocycles. The summed E-state index contributed by atoms with van der Waals surface area (Å²) in [5.74, 6) is 0. The maximum atomic E-state index is 11.0. The summed E-state index contributed by atoms with van der Waals surface area (Å²) in [5, 5.41) is 14.3. The molecule has 0 aliphatic carbocycles. The van der Waals surface area contributed by atoms with Crippen LogP contribution in [0.15, 0.2) is 0 Å². The number of hydrogen-bond donors (Lipinski definition) is 3. The zero-order chi connectivity index (χ0) is 9.61. The van der Waals surface area contributed by atoms with E-state index in [1.165, 1.54) is 0 Å². The quantitative estimate of drug-likeness (QED) is 0.580. The monoisotopic (exact) mass is 174 g/mol. The Hall–Kier alpha value is -0.770. The van der Waals surface area contributed by atoms with Crippen LogP contribution in [0.3, 0.4) is 0 Å². The smallest absolute Gasteiger partial charge is 0.315 e. The highest BCUT2D eigenvalue weighted by Gasteiger charge is 2.22. The third kappa shape index (κ3) is 3.57. The highest BCUT2D eigenvalue weighted by molar-refractivity contribution is 5.74. The molecule has 0 radical (unpaired) electrons. The second kappa shape index (κ2) is 4.98. The van der Waals surface area contributed by atoms with Crippen LogP contribution >= 0.6 is 0 Å². The first-order chi connectivity index (χ1) is 5.58. The molecule has 0 aromatic carbocycles. The number of nitrogens with one attached hydrogen (secondary N) is 2. The first-order valence-electron chi connectivity index (χ1n) is 4.25. The second-order valence-corrected chi connectivity index (χ2v) is 3.06. The fraction of sp³-hybridized carbons (Fsp3) is 0.875. The minimum absolute atomic E-state index is 0.0410. The highest BCUT2D eigenvalue weighted by atomic mass is 16.3. The Morgan fingerprint density at radius 3 is 2.42 bits per heavy atom. The van der Waals surface area contributed by atoms with Gasteiger partial charge in [0.1, 0.15) is 0 Å². The van der Waals surface area contributed by atoms with Crippen LogP contribution in [0.4, 0.5) is 4.79 Å². The minimum atomic E-state index is -0.501. The molecule has 0 spiro atoms. The normalized spacial score (nSPS) is 15.0. The number of carbonyl (C=O) groups excluding carboxylic acids is 1. The van der Waals surface area contributed by atoms with Crippen molar-refractivity contribution < 1.29 is 9.90 Å². The van der Waals surface area contributed by atoms with Gasteiger partial charge in [-0.1, -0.05) is 6.92 Å². The molecule has 12 heavy (non-hydrogen) atoms. The minimum Gasteiger partial charge on any atom is -0.394 e. The van der Waals surface area contributed by atoms with Crippen molar-refractivity contribution in [2.75, 3.05) is 13.2 Å². The van der Waals surface area contributed by atoms with E-state index < -0.39 is 5.54 Å². The standard InChI is InChI=1S/C8H18N2O2/c1-4-8(3,6-11)10-7(12)9-5-2/h11H,4-6H2,1-3H3,(H2,9,10,12). The molecule has 3 N–H and O–H groups in total. The summed E-state index contributed by atoms with van der Waals surface area (Å²) < 4.78 is 0. The van der Waals surface area contributed by atoms with Crippen molar-refractivity contribution in [2.45, 2.75) is 32.7 Å². The molecule has 0 aliphatic heterocycles. The van der Waals surface area contributed by atoms with Gasteiger partial charge < -0.3 is 15.7 Å². The summed E-state index contributed by atoms with van der Waals surface area (Å²) in [6.45, 7) is 6.13. The maximum absolute atomic E-state index is 11.0. The number of urea groups is 1. The molecule has 0 aliphatic rings. The van der Waals surface area contributed by atoms with Crippen LogP contribution in [-0.4, -0.2) is 29.8 Å². The van der Waals surface area contributed by atoms with Gasteiger partial charge in [-0.2, -0.15) is 0 Å². The molecule has 72 valence electrons. The maximum Gasteiger partial charge on any atom is 0.315 e. The van der Waals surface area contributed by atoms with E-state index in [-0.39, 0.29) is 12.6 Å². The predicted octanol–water partition coefficient (Wildman–Crippen LogP) is 0.466. The van der Waals surface area contributed by atoms with Crippen molar-refractivity contribution in [2.24, 2.45) is 0 Å². The van der Waals surface area contributed by atoms with Gasteiger partial charge in [-0.15, -0.1) is 0 Å². The van der Waals surface area contributed by atoms with Gasteiger partial charge in [0.2, 0.25) is 0 Å². The van der Waals surface area contributed by atoms with E-state index in [0.29, 0.717) is 13.0 Å². The van der Waals surface area contributed by atoms with Crippen LogP contribution < -0.4 is 10.6 Å². The Bertz CT molecular complexity index is 144. The van der Waals surface area contributed by atoms with Crippen molar-refractivity contribution in [1.82, 2.24) is 10.6 Å². The molecule has 0 fully saturated rings. The van der Waals surface area contributed by atoms with Crippen LogP contribution in [-0.2, 0) is 0 Å². The van der Waals surface area contributed by atoms with Gasteiger partial charge in [0.15, 0.2) is 0 Å². The van der Waals surface area contributed by atoms with Crippen LogP contribution in [0.2, 0.25) is 0 Å². The molecule has 2 amide bonds. The Labute approximate surface area is 73.3 Å². The Balaban J connectivity index is 3.93. The Morgan fingerprint density at radius 1 is 1.50 bits per heavy atom. The van der Waals surface area contributed by atoms with Crippen molar-refractivity contribution in [3.05, 3.63) is 0 Å². The fourth-order valence-electron chi connectivity index (χ4n) is 0.719. The lowest BCUT2D eigenvalue weighted by molar-refractivity contribution is 0.168. The molecule has 4 heteroatoms. The van der Waals surface area contributed by atoms with E-state index in [1.54, 1.807) is 0 Å². The predicted molar refractivity (Wildman–Crippen MR) is 48.0 cm³/mol. The molecule has 4 nitrogen and oxygen atoms in total. The molecule has 0 saturated heterocycles. The van der Waals surface area contributed by atoms with Crippen LogP contribution in [0.5, 0.6) is 0 Å². The molecule has 1 unspecified atom stereocenters. The highest BCUT2D eigenvalue weighted by Crippen LogP contribution is 2.06. The third-order valence-corrected chi connectivity index (χ3v) is 1.88. The molecule has 0 aromatic heterocycles. The van der Waals surface area contributed by atoms with E-state index in [9.17, 15) is 4.79 Å². The number of aliphatic hydroxyl groups is 1. The SMILES string of the molecule is CCNC(=O)NC(C)(CC)CO. The molecule has 0 rings (SSSR count). The second-order valence-electron chi connectivity index (χ2n) is 3.06. The van der Waals surface area contributed by atoms with Gasteiger partial charge in [-0.3, -0.25) is 0 Å². The van der Waals surface area contributed by atoms with Gasteiger partial charge in [0.25, 0.3) is 0 Å². The average molecular weight is 174 g/mol. The number of rotatable bonds is 4. The van der Waals surface area contributed by atoms with Gasteiger partial charge in [0, 0.05) is 6.54 Å². The number of aliphatic hydroxyl groups excluding tert-OH is 1. The zero-order valence-corrected chi connectivity index (χ0v) is 7.98. The molecule has 1 atom stereocenters. The van der Waals surface area contributed by atoms with Crippen LogP contribution in [0, 0.1) is 0 Å². The largest absolute Gasteiger partial charge is 0.394 e. The van der Waals surface area contributed by atoms with Crippen molar-refractivity contribution in [1.29, 1.82) is 0 Å². The Kier molecular flexibility index (Phi) is 4.66.